The van der Waals surface area contributed by atoms with Gasteiger partial charge in [-0.1, -0.05) is 30.3 Å². The first kappa shape index (κ1) is 27.1. The molecule has 3 N–H and O–H groups in total. The summed E-state index contributed by atoms with van der Waals surface area (Å²) < 4.78 is 49.7. The molecule has 9 nitrogen and oxygen atoms in total. The van der Waals surface area contributed by atoms with Gasteiger partial charge in [-0.25, -0.2) is 4.79 Å². The molecule has 3 aromatic carbocycles. The minimum Gasteiger partial charge on any atom is -0.480 e. The maximum Gasteiger partial charge on any atom is 0.416 e. The number of aromatic nitrogens is 3. The van der Waals surface area contributed by atoms with Gasteiger partial charge < -0.3 is 25.2 Å². The number of thioether (sulfide) groups is 1. The summed E-state index contributed by atoms with van der Waals surface area (Å²) in [5.41, 5.74) is 1.10. The monoisotopic (exact) mass is 569 g/mol. The fraction of sp³-hybridized carbons (Fsp3) is 0.185. The highest BCUT2D eigenvalue weighted by molar-refractivity contribution is 7.98. The van der Waals surface area contributed by atoms with Gasteiger partial charge in [-0.05, 0) is 48.0 Å². The summed E-state index contributed by atoms with van der Waals surface area (Å²) in [4.78, 5) is 25.1. The number of alkyl halides is 3. The highest BCUT2D eigenvalue weighted by Gasteiger charge is 2.30. The van der Waals surface area contributed by atoms with Crippen LogP contribution in [0.3, 0.4) is 0 Å². The summed E-state index contributed by atoms with van der Waals surface area (Å²) in [6.45, 7) is 0.0739. The smallest absolute Gasteiger partial charge is 0.416 e. The molecule has 40 heavy (non-hydrogen) atoms. The zero-order valence-electron chi connectivity index (χ0n) is 20.7. The summed E-state index contributed by atoms with van der Waals surface area (Å²) in [7, 11) is 0. The van der Waals surface area contributed by atoms with Crippen LogP contribution in [0.5, 0.6) is 11.5 Å². The van der Waals surface area contributed by atoms with E-state index in [2.05, 4.69) is 25.6 Å². The van der Waals surface area contributed by atoms with E-state index in [-0.39, 0.29) is 30.3 Å². The summed E-state index contributed by atoms with van der Waals surface area (Å²) in [5, 5.41) is 15.6. The third-order valence-electron chi connectivity index (χ3n) is 5.73. The van der Waals surface area contributed by atoms with Gasteiger partial charge in [0.25, 0.3) is 0 Å². The highest BCUT2D eigenvalue weighted by atomic mass is 32.2. The number of carboxylic acid groups (broad SMARTS) is 1. The number of hydrogen-bond acceptors (Lipinski definition) is 9. The molecule has 0 saturated heterocycles. The Hall–Kier alpha value is -4.52. The molecular formula is C27H22F3N5O4S. The molecule has 0 amide bonds. The molecule has 1 aliphatic heterocycles. The van der Waals surface area contributed by atoms with Crippen LogP contribution >= 0.6 is 11.8 Å². The average molecular weight is 570 g/mol. The van der Waals surface area contributed by atoms with Crippen molar-refractivity contribution in [1.29, 1.82) is 0 Å². The number of nitrogens with one attached hydrogen (secondary N) is 2. The van der Waals surface area contributed by atoms with Gasteiger partial charge >= 0.3 is 12.1 Å². The van der Waals surface area contributed by atoms with Gasteiger partial charge in [0.05, 0.1) is 5.56 Å². The van der Waals surface area contributed by atoms with Gasteiger partial charge in [0, 0.05) is 22.8 Å². The van der Waals surface area contributed by atoms with Crippen LogP contribution in [0.2, 0.25) is 0 Å². The first-order valence-electron chi connectivity index (χ1n) is 12.0. The molecule has 5 rings (SSSR count). The van der Waals surface area contributed by atoms with Crippen LogP contribution in [0.15, 0.2) is 72.8 Å². The molecule has 1 aliphatic rings. The number of nitrogens with zero attached hydrogens (tertiary/aromatic N) is 3. The maximum atomic E-state index is 13.0. The number of carbonyl (C=O) groups is 1. The van der Waals surface area contributed by atoms with Crippen molar-refractivity contribution in [2.75, 3.05) is 23.2 Å². The van der Waals surface area contributed by atoms with Crippen molar-refractivity contribution >= 4 is 35.3 Å². The van der Waals surface area contributed by atoms with Crippen LogP contribution in [0.1, 0.15) is 11.1 Å². The quantitative estimate of drug-likeness (QED) is 0.215. The molecule has 0 spiro atoms. The van der Waals surface area contributed by atoms with Gasteiger partial charge in [-0.3, -0.25) is 0 Å². The van der Waals surface area contributed by atoms with Crippen molar-refractivity contribution in [3.05, 3.63) is 83.9 Å². The fourth-order valence-corrected chi connectivity index (χ4v) is 4.74. The fourth-order valence-electron chi connectivity index (χ4n) is 3.73. The van der Waals surface area contributed by atoms with Crippen molar-refractivity contribution in [3.63, 3.8) is 0 Å². The van der Waals surface area contributed by atoms with Gasteiger partial charge in [0.15, 0.2) is 17.3 Å². The van der Waals surface area contributed by atoms with Gasteiger partial charge in [-0.2, -0.15) is 39.9 Å². The average Bonchev–Trinajstić information content (AvgIpc) is 3.41. The molecule has 13 heteroatoms. The van der Waals surface area contributed by atoms with Crippen molar-refractivity contribution in [2.45, 2.75) is 18.0 Å². The second-order valence-corrected chi connectivity index (χ2v) is 9.64. The standard InChI is InChI=1S/C27H22F3N5O4S/c28-27(29,30)18-7-9-19(10-8-18)31-25-33-23(17-6-11-21-22(12-17)39-15-38-21)34-26(35-25)32-20(24(36)37)14-40-13-16-4-2-1-3-5-16/h1-12,20H,13-15H2,(H,36,37)(H2,31,32,33,34,35)/t20-/m0/s1. The predicted octanol–water partition coefficient (Wildman–Crippen LogP) is 5.83. The highest BCUT2D eigenvalue weighted by Crippen LogP contribution is 2.35. The molecule has 1 aromatic heterocycles. The lowest BCUT2D eigenvalue weighted by molar-refractivity contribution is -0.138. The predicted molar refractivity (Wildman–Crippen MR) is 144 cm³/mol. The van der Waals surface area contributed by atoms with E-state index in [1.165, 1.54) is 23.9 Å². The van der Waals surface area contributed by atoms with E-state index in [4.69, 9.17) is 9.47 Å². The number of hydrogen-bond donors (Lipinski definition) is 3. The molecule has 1 atom stereocenters. The third-order valence-corrected chi connectivity index (χ3v) is 6.84. The molecule has 0 unspecified atom stereocenters. The Morgan fingerprint density at radius 2 is 1.68 bits per heavy atom. The van der Waals surface area contributed by atoms with E-state index in [9.17, 15) is 23.1 Å². The van der Waals surface area contributed by atoms with Crippen molar-refractivity contribution in [2.24, 2.45) is 0 Å². The minimum absolute atomic E-state index is 0.00556. The van der Waals surface area contributed by atoms with E-state index in [0.29, 0.717) is 28.5 Å². The summed E-state index contributed by atoms with van der Waals surface area (Å²) in [6.07, 6.45) is -4.47. The van der Waals surface area contributed by atoms with Crippen LogP contribution in [0.25, 0.3) is 11.4 Å². The van der Waals surface area contributed by atoms with E-state index in [1.807, 2.05) is 30.3 Å². The first-order valence-corrected chi connectivity index (χ1v) is 13.1. The lowest BCUT2D eigenvalue weighted by atomic mass is 10.2. The Morgan fingerprint density at radius 3 is 2.40 bits per heavy atom. The SMILES string of the molecule is O=C(O)[C@H](CSCc1ccccc1)Nc1nc(Nc2ccc(C(F)(F)F)cc2)nc(-c2ccc3c(c2)OCO3)n1. The van der Waals surface area contributed by atoms with Gasteiger partial charge in [-0.15, -0.1) is 0 Å². The van der Waals surface area contributed by atoms with E-state index in [1.54, 1.807) is 18.2 Å². The second-order valence-electron chi connectivity index (χ2n) is 8.61. The lowest BCUT2D eigenvalue weighted by Crippen LogP contribution is -2.32. The number of benzene rings is 3. The Balaban J connectivity index is 1.40. The Morgan fingerprint density at radius 1 is 0.950 bits per heavy atom. The topological polar surface area (TPSA) is 118 Å². The normalized spacial score (nSPS) is 13.1. The maximum absolute atomic E-state index is 13.0. The molecular weight excluding hydrogens is 547 g/mol. The Kier molecular flexibility index (Phi) is 7.91. The zero-order chi connectivity index (χ0) is 28.1. The minimum atomic E-state index is -4.47. The Labute approximate surface area is 230 Å². The van der Waals surface area contributed by atoms with Crippen LogP contribution in [0.4, 0.5) is 30.8 Å². The number of fused-ring (bicyclic) bond motifs is 1. The first-order chi connectivity index (χ1) is 19.2. The summed E-state index contributed by atoms with van der Waals surface area (Å²) >= 11 is 1.43. The third kappa shape index (κ3) is 6.72. The lowest BCUT2D eigenvalue weighted by Gasteiger charge is -2.16. The number of anilines is 3. The van der Waals surface area contributed by atoms with Crippen molar-refractivity contribution < 1.29 is 32.5 Å². The number of carboxylic acids is 1. The molecule has 206 valence electrons. The van der Waals surface area contributed by atoms with Crippen molar-refractivity contribution in [3.8, 4) is 22.9 Å². The van der Waals surface area contributed by atoms with Crippen molar-refractivity contribution in [1.82, 2.24) is 15.0 Å². The van der Waals surface area contributed by atoms with E-state index < -0.39 is 23.8 Å². The van der Waals surface area contributed by atoms with Crippen LogP contribution in [-0.2, 0) is 16.7 Å². The van der Waals surface area contributed by atoms with Crippen LogP contribution in [0, 0.1) is 0 Å². The van der Waals surface area contributed by atoms with Gasteiger partial charge in [0.2, 0.25) is 18.7 Å². The van der Waals surface area contributed by atoms with E-state index >= 15 is 0 Å². The molecule has 0 bridgehead atoms. The summed E-state index contributed by atoms with van der Waals surface area (Å²) in [6, 6.07) is 18.1. The van der Waals surface area contributed by atoms with Gasteiger partial charge in [0.1, 0.15) is 6.04 Å². The molecule has 0 saturated carbocycles. The number of aliphatic carboxylic acids is 1. The summed E-state index contributed by atoms with van der Waals surface area (Å²) in [5.74, 6) is 0.958. The number of ether oxygens (including phenoxy) is 2. The molecule has 0 fully saturated rings. The number of rotatable bonds is 10. The second kappa shape index (κ2) is 11.7. The zero-order valence-corrected chi connectivity index (χ0v) is 21.5. The van der Waals surface area contributed by atoms with Crippen LogP contribution < -0.4 is 20.1 Å². The number of halogens is 3. The molecule has 4 aromatic rings. The Bertz CT molecular complexity index is 1490. The molecule has 0 aliphatic carbocycles. The van der Waals surface area contributed by atoms with Crippen LogP contribution in [-0.4, -0.2) is 44.6 Å². The molecule has 0 radical (unpaired) electrons. The largest absolute Gasteiger partial charge is 0.480 e. The molecule has 2 heterocycles. The van der Waals surface area contributed by atoms with E-state index in [0.717, 1.165) is 17.7 Å².